The van der Waals surface area contributed by atoms with Crippen LogP contribution in [0.25, 0.3) is 10.9 Å². The molecule has 0 aliphatic carbocycles. The van der Waals surface area contributed by atoms with E-state index in [0.29, 0.717) is 25.3 Å². The van der Waals surface area contributed by atoms with Gasteiger partial charge in [-0.15, -0.1) is 0 Å². The van der Waals surface area contributed by atoms with Crippen LogP contribution in [0.2, 0.25) is 0 Å². The third-order valence-electron chi connectivity index (χ3n) is 4.14. The fourth-order valence-electron chi connectivity index (χ4n) is 2.69. The molecule has 0 unspecified atom stereocenters. The Morgan fingerprint density at radius 1 is 1.00 bits per heavy atom. The molecular weight excluding hydrogens is 369 g/mol. The zero-order valence-corrected chi connectivity index (χ0v) is 15.2. The monoisotopic (exact) mass is 388 g/mol. The highest BCUT2D eigenvalue weighted by atomic mass is 19.4. The topological polar surface area (TPSA) is 66.9 Å². The summed E-state index contributed by atoms with van der Waals surface area (Å²) < 4.78 is 37.7. The summed E-state index contributed by atoms with van der Waals surface area (Å²) in [6.45, 7) is 2.67. The van der Waals surface area contributed by atoms with Crippen molar-refractivity contribution in [1.29, 1.82) is 0 Å². The molecule has 0 aliphatic heterocycles. The van der Waals surface area contributed by atoms with Gasteiger partial charge in [0.2, 0.25) is 0 Å². The van der Waals surface area contributed by atoms with Gasteiger partial charge in [0.25, 0.3) is 5.91 Å². The maximum atomic E-state index is 12.6. The van der Waals surface area contributed by atoms with Crippen molar-refractivity contribution in [1.82, 2.24) is 15.3 Å². The number of amides is 1. The average molecular weight is 388 g/mol. The Morgan fingerprint density at radius 3 is 2.39 bits per heavy atom. The van der Waals surface area contributed by atoms with Crippen molar-refractivity contribution in [2.24, 2.45) is 0 Å². The first-order chi connectivity index (χ1) is 13.4. The minimum atomic E-state index is -4.42. The van der Waals surface area contributed by atoms with Gasteiger partial charge in [-0.05, 0) is 36.4 Å². The molecule has 0 atom stereocenters. The molecule has 0 bridgehead atoms. The molecule has 1 heterocycles. The first kappa shape index (κ1) is 19.6. The maximum Gasteiger partial charge on any atom is 0.416 e. The smallest absolute Gasteiger partial charge is 0.368 e. The number of alkyl halides is 3. The summed E-state index contributed by atoms with van der Waals surface area (Å²) in [6, 6.07) is 11.7. The van der Waals surface area contributed by atoms with Crippen LogP contribution in [0.5, 0.6) is 0 Å². The van der Waals surface area contributed by atoms with E-state index in [1.54, 1.807) is 0 Å². The molecule has 0 radical (unpaired) electrons. The lowest BCUT2D eigenvalue weighted by atomic mass is 10.1. The number of nitrogens with one attached hydrogen (secondary N) is 2. The second-order valence-electron chi connectivity index (χ2n) is 6.12. The Labute approximate surface area is 160 Å². The van der Waals surface area contributed by atoms with Gasteiger partial charge in [-0.3, -0.25) is 4.79 Å². The highest BCUT2D eigenvalue weighted by Crippen LogP contribution is 2.29. The number of hydrogen-bond acceptors (Lipinski definition) is 4. The van der Waals surface area contributed by atoms with E-state index in [4.69, 9.17) is 0 Å². The molecule has 0 saturated carbocycles. The van der Waals surface area contributed by atoms with Crippen LogP contribution >= 0.6 is 0 Å². The van der Waals surface area contributed by atoms with Gasteiger partial charge in [0.05, 0.1) is 11.1 Å². The Kier molecular flexibility index (Phi) is 5.77. The minimum absolute atomic E-state index is 0.175. The number of benzene rings is 2. The zero-order chi connectivity index (χ0) is 20.1. The lowest BCUT2D eigenvalue weighted by Crippen LogP contribution is -2.29. The van der Waals surface area contributed by atoms with Crippen LogP contribution in [0.3, 0.4) is 0 Å². The van der Waals surface area contributed by atoms with Crippen LogP contribution in [0.4, 0.5) is 19.0 Å². The third kappa shape index (κ3) is 4.57. The predicted molar refractivity (Wildman–Crippen MR) is 101 cm³/mol. The molecule has 3 rings (SSSR count). The Bertz CT molecular complexity index is 971. The van der Waals surface area contributed by atoms with Gasteiger partial charge in [-0.25, -0.2) is 9.97 Å². The summed E-state index contributed by atoms with van der Waals surface area (Å²) >= 11 is 0. The van der Waals surface area contributed by atoms with Crippen molar-refractivity contribution in [3.63, 3.8) is 0 Å². The van der Waals surface area contributed by atoms with Crippen molar-refractivity contribution in [3.05, 3.63) is 65.5 Å². The molecule has 1 aromatic heterocycles. The van der Waals surface area contributed by atoms with E-state index in [1.807, 2.05) is 31.2 Å². The van der Waals surface area contributed by atoms with Gasteiger partial charge >= 0.3 is 6.18 Å². The molecular formula is C20H19F3N4O. The van der Waals surface area contributed by atoms with Crippen LogP contribution < -0.4 is 10.6 Å². The van der Waals surface area contributed by atoms with Crippen LogP contribution in [0.1, 0.15) is 28.7 Å². The summed E-state index contributed by atoms with van der Waals surface area (Å²) in [5, 5.41) is 6.74. The van der Waals surface area contributed by atoms with Crippen LogP contribution in [0, 0.1) is 0 Å². The number of carbonyl (C=O) groups is 1. The number of aryl methyl sites for hydroxylation is 1. The van der Waals surface area contributed by atoms with E-state index in [1.165, 1.54) is 0 Å². The standard InChI is InChI=1S/C20H19F3N4O/c1-2-17-26-16-6-4-3-5-15(16)18(27-17)24-11-12-25-19(28)13-7-9-14(10-8-13)20(21,22)23/h3-10H,2,11-12H2,1H3,(H,25,28)(H,24,26,27). The van der Waals surface area contributed by atoms with E-state index < -0.39 is 17.6 Å². The summed E-state index contributed by atoms with van der Waals surface area (Å²) in [7, 11) is 0. The third-order valence-corrected chi connectivity index (χ3v) is 4.14. The van der Waals surface area contributed by atoms with Gasteiger partial charge in [0.15, 0.2) is 0 Å². The highest BCUT2D eigenvalue weighted by Gasteiger charge is 2.30. The highest BCUT2D eigenvalue weighted by molar-refractivity contribution is 5.94. The van der Waals surface area contributed by atoms with E-state index in [9.17, 15) is 18.0 Å². The lowest BCUT2D eigenvalue weighted by Gasteiger charge is -2.11. The average Bonchev–Trinajstić information content (AvgIpc) is 2.70. The van der Waals surface area contributed by atoms with Crippen LogP contribution in [-0.4, -0.2) is 29.0 Å². The van der Waals surface area contributed by atoms with E-state index in [2.05, 4.69) is 20.6 Å². The largest absolute Gasteiger partial charge is 0.416 e. The number of nitrogens with zero attached hydrogens (tertiary/aromatic N) is 2. The second-order valence-corrected chi connectivity index (χ2v) is 6.12. The normalized spacial score (nSPS) is 11.4. The van der Waals surface area contributed by atoms with E-state index in [-0.39, 0.29) is 5.56 Å². The fraction of sp³-hybridized carbons (Fsp3) is 0.250. The van der Waals surface area contributed by atoms with Crippen molar-refractivity contribution in [2.75, 3.05) is 18.4 Å². The minimum Gasteiger partial charge on any atom is -0.368 e. The molecule has 146 valence electrons. The first-order valence-corrected chi connectivity index (χ1v) is 8.83. The predicted octanol–water partition coefficient (Wildman–Crippen LogP) is 4.05. The molecule has 2 N–H and O–H groups in total. The lowest BCUT2D eigenvalue weighted by molar-refractivity contribution is -0.137. The van der Waals surface area contributed by atoms with Crippen LogP contribution in [0.15, 0.2) is 48.5 Å². The van der Waals surface area contributed by atoms with Gasteiger partial charge in [0, 0.05) is 30.5 Å². The van der Waals surface area contributed by atoms with E-state index >= 15 is 0 Å². The number of carbonyl (C=O) groups excluding carboxylic acids is 1. The molecule has 1 amide bonds. The molecule has 2 aromatic carbocycles. The summed E-state index contributed by atoms with van der Waals surface area (Å²) in [4.78, 5) is 21.0. The van der Waals surface area contributed by atoms with Crippen molar-refractivity contribution < 1.29 is 18.0 Å². The van der Waals surface area contributed by atoms with Crippen molar-refractivity contribution in [2.45, 2.75) is 19.5 Å². The van der Waals surface area contributed by atoms with Crippen molar-refractivity contribution >= 4 is 22.6 Å². The molecule has 0 spiro atoms. The van der Waals surface area contributed by atoms with Crippen molar-refractivity contribution in [3.8, 4) is 0 Å². The summed E-state index contributed by atoms with van der Waals surface area (Å²) in [5.41, 5.74) is 0.229. The van der Waals surface area contributed by atoms with Gasteiger partial charge in [0.1, 0.15) is 11.6 Å². The number of aromatic nitrogens is 2. The van der Waals surface area contributed by atoms with E-state index in [0.717, 1.165) is 41.0 Å². The Morgan fingerprint density at radius 2 is 1.71 bits per heavy atom. The quantitative estimate of drug-likeness (QED) is 0.625. The van der Waals surface area contributed by atoms with Gasteiger partial charge < -0.3 is 10.6 Å². The number of para-hydroxylation sites is 1. The van der Waals surface area contributed by atoms with Crippen LogP contribution in [-0.2, 0) is 12.6 Å². The number of rotatable bonds is 6. The zero-order valence-electron chi connectivity index (χ0n) is 15.2. The summed E-state index contributed by atoms with van der Waals surface area (Å²) in [5.74, 6) is 0.971. The Hall–Kier alpha value is -3.16. The fourth-order valence-corrected chi connectivity index (χ4v) is 2.69. The Balaban J connectivity index is 1.59. The maximum absolute atomic E-state index is 12.6. The first-order valence-electron chi connectivity index (χ1n) is 8.83. The number of fused-ring (bicyclic) bond motifs is 1. The molecule has 3 aromatic rings. The second kappa shape index (κ2) is 8.24. The summed E-state index contributed by atoms with van der Waals surface area (Å²) in [6.07, 6.45) is -3.72. The molecule has 0 aliphatic rings. The van der Waals surface area contributed by atoms with Gasteiger partial charge in [-0.2, -0.15) is 13.2 Å². The molecule has 0 saturated heterocycles. The molecule has 0 fully saturated rings. The molecule has 28 heavy (non-hydrogen) atoms. The molecule has 8 heteroatoms. The van der Waals surface area contributed by atoms with Gasteiger partial charge in [-0.1, -0.05) is 19.1 Å². The number of halogens is 3. The molecule has 5 nitrogen and oxygen atoms in total. The SMILES string of the molecule is CCc1nc(NCCNC(=O)c2ccc(C(F)(F)F)cc2)c2ccccc2n1. The number of anilines is 1. The number of hydrogen-bond donors (Lipinski definition) is 2.